The van der Waals surface area contributed by atoms with Crippen molar-refractivity contribution in [3.05, 3.63) is 64.6 Å². The van der Waals surface area contributed by atoms with Crippen LogP contribution in [-0.2, 0) is 6.42 Å². The summed E-state index contributed by atoms with van der Waals surface area (Å²) in [5.41, 5.74) is 0.335. The van der Waals surface area contributed by atoms with Crippen LogP contribution in [0.25, 0.3) is 10.9 Å². The van der Waals surface area contributed by atoms with E-state index in [0.29, 0.717) is 16.7 Å². The number of benzene rings is 1. The van der Waals surface area contributed by atoms with E-state index in [9.17, 15) is 9.59 Å². The van der Waals surface area contributed by atoms with Gasteiger partial charge in [0.25, 0.3) is 5.56 Å². The molecule has 2 heterocycles. The molecule has 1 aromatic carbocycles. The molecular formula is C14H10N2O3. The van der Waals surface area contributed by atoms with Gasteiger partial charge in [-0.25, -0.2) is 4.98 Å². The van der Waals surface area contributed by atoms with Crippen molar-refractivity contribution in [3.63, 3.8) is 0 Å². The summed E-state index contributed by atoms with van der Waals surface area (Å²) in [7, 11) is 0. The van der Waals surface area contributed by atoms with Crippen molar-refractivity contribution in [3.8, 4) is 0 Å². The third-order valence-corrected chi connectivity index (χ3v) is 2.79. The topological polar surface area (TPSA) is 76.0 Å². The predicted molar refractivity (Wildman–Crippen MR) is 69.1 cm³/mol. The minimum atomic E-state index is -0.243. The first kappa shape index (κ1) is 11.4. The van der Waals surface area contributed by atoms with Crippen LogP contribution in [0.4, 0.5) is 0 Å². The van der Waals surface area contributed by atoms with Crippen LogP contribution < -0.4 is 5.56 Å². The Morgan fingerprint density at radius 2 is 2.05 bits per heavy atom. The minimum absolute atomic E-state index is 0.00753. The summed E-state index contributed by atoms with van der Waals surface area (Å²) in [4.78, 5) is 30.6. The molecule has 0 aliphatic heterocycles. The fourth-order valence-corrected chi connectivity index (χ4v) is 1.90. The van der Waals surface area contributed by atoms with E-state index in [2.05, 4.69) is 9.97 Å². The molecule has 0 amide bonds. The first-order valence-corrected chi connectivity index (χ1v) is 5.79. The summed E-state index contributed by atoms with van der Waals surface area (Å²) < 4.78 is 5.02. The van der Waals surface area contributed by atoms with Crippen LogP contribution >= 0.6 is 0 Å². The SMILES string of the molecule is O=C(Cc1nc2ccccc2c(=O)[nH]1)c1ccco1. The van der Waals surface area contributed by atoms with E-state index in [1.165, 1.54) is 6.26 Å². The molecule has 3 rings (SSSR count). The number of nitrogens with zero attached hydrogens (tertiary/aromatic N) is 1. The van der Waals surface area contributed by atoms with Crippen molar-refractivity contribution in [2.24, 2.45) is 0 Å². The molecule has 0 radical (unpaired) electrons. The Bertz CT molecular complexity index is 788. The van der Waals surface area contributed by atoms with E-state index in [1.807, 2.05) is 0 Å². The van der Waals surface area contributed by atoms with Crippen LogP contribution in [-0.4, -0.2) is 15.8 Å². The number of hydrogen-bond acceptors (Lipinski definition) is 4. The van der Waals surface area contributed by atoms with Crippen molar-refractivity contribution in [1.29, 1.82) is 0 Å². The molecule has 2 aromatic heterocycles. The molecule has 19 heavy (non-hydrogen) atoms. The van der Waals surface area contributed by atoms with Gasteiger partial charge >= 0.3 is 0 Å². The lowest BCUT2D eigenvalue weighted by Crippen LogP contribution is -2.15. The lowest BCUT2D eigenvalue weighted by Gasteiger charge is -2.01. The second-order valence-electron chi connectivity index (χ2n) is 4.11. The fraction of sp³-hybridized carbons (Fsp3) is 0.0714. The predicted octanol–water partition coefficient (Wildman–Crippen LogP) is 1.94. The summed E-state index contributed by atoms with van der Waals surface area (Å²) in [5, 5.41) is 0.511. The molecule has 0 atom stereocenters. The third kappa shape index (κ3) is 2.18. The zero-order chi connectivity index (χ0) is 13.2. The highest BCUT2D eigenvalue weighted by Gasteiger charge is 2.12. The number of nitrogens with one attached hydrogen (secondary N) is 1. The van der Waals surface area contributed by atoms with Crippen molar-refractivity contribution in [2.75, 3.05) is 0 Å². The van der Waals surface area contributed by atoms with Gasteiger partial charge in [0.1, 0.15) is 5.82 Å². The number of carbonyl (C=O) groups excluding carboxylic acids is 1. The smallest absolute Gasteiger partial charge is 0.258 e. The van der Waals surface area contributed by atoms with E-state index >= 15 is 0 Å². The molecule has 1 N–H and O–H groups in total. The van der Waals surface area contributed by atoms with Crippen molar-refractivity contribution in [2.45, 2.75) is 6.42 Å². The minimum Gasteiger partial charge on any atom is -0.461 e. The van der Waals surface area contributed by atoms with E-state index in [-0.39, 0.29) is 23.5 Å². The van der Waals surface area contributed by atoms with Crippen molar-refractivity contribution in [1.82, 2.24) is 9.97 Å². The Hall–Kier alpha value is -2.69. The second kappa shape index (κ2) is 4.53. The lowest BCUT2D eigenvalue weighted by molar-refractivity contribution is 0.0964. The number of aromatic nitrogens is 2. The number of aromatic amines is 1. The standard InChI is InChI=1S/C14H10N2O3/c17-11(12-6-3-7-19-12)8-13-15-10-5-2-1-4-9(10)14(18)16-13/h1-7H,8H2,(H,15,16,18). The fourth-order valence-electron chi connectivity index (χ4n) is 1.90. The van der Waals surface area contributed by atoms with Crippen molar-refractivity contribution >= 4 is 16.7 Å². The molecule has 0 fully saturated rings. The molecular weight excluding hydrogens is 244 g/mol. The van der Waals surface area contributed by atoms with Gasteiger partial charge in [0, 0.05) is 0 Å². The Kier molecular flexibility index (Phi) is 2.72. The molecule has 0 saturated carbocycles. The Balaban J connectivity index is 1.98. The van der Waals surface area contributed by atoms with Crippen LogP contribution in [0.5, 0.6) is 0 Å². The molecule has 0 spiro atoms. The first-order chi connectivity index (χ1) is 9.24. The van der Waals surface area contributed by atoms with Gasteiger partial charge in [0.2, 0.25) is 5.78 Å². The molecule has 0 saturated heterocycles. The van der Waals surface area contributed by atoms with E-state index in [4.69, 9.17) is 4.42 Å². The molecule has 0 unspecified atom stereocenters. The van der Waals surface area contributed by atoms with Gasteiger partial charge in [0.05, 0.1) is 23.6 Å². The van der Waals surface area contributed by atoms with Gasteiger partial charge in [-0.3, -0.25) is 9.59 Å². The third-order valence-electron chi connectivity index (χ3n) is 2.79. The molecule has 0 aliphatic rings. The van der Waals surface area contributed by atoms with E-state index in [1.54, 1.807) is 36.4 Å². The summed E-state index contributed by atoms with van der Waals surface area (Å²) in [6, 6.07) is 10.2. The average Bonchev–Trinajstić information content (AvgIpc) is 2.93. The normalized spacial score (nSPS) is 10.7. The highest BCUT2D eigenvalue weighted by Crippen LogP contribution is 2.08. The lowest BCUT2D eigenvalue weighted by atomic mass is 10.2. The van der Waals surface area contributed by atoms with Gasteiger partial charge in [0.15, 0.2) is 5.76 Å². The number of furan rings is 1. The van der Waals surface area contributed by atoms with Crippen LogP contribution in [0.2, 0.25) is 0 Å². The number of H-pyrrole nitrogens is 1. The van der Waals surface area contributed by atoms with Crippen LogP contribution in [0.15, 0.2) is 51.9 Å². The summed E-state index contributed by atoms with van der Waals surface area (Å²) in [6.07, 6.45) is 1.44. The highest BCUT2D eigenvalue weighted by atomic mass is 16.3. The van der Waals surface area contributed by atoms with Gasteiger partial charge < -0.3 is 9.40 Å². The number of rotatable bonds is 3. The molecule has 0 aliphatic carbocycles. The maximum absolute atomic E-state index is 11.9. The number of para-hydroxylation sites is 1. The highest BCUT2D eigenvalue weighted by molar-refractivity contribution is 5.94. The molecule has 5 nitrogen and oxygen atoms in total. The monoisotopic (exact) mass is 254 g/mol. The van der Waals surface area contributed by atoms with Crippen LogP contribution in [0, 0.1) is 0 Å². The maximum atomic E-state index is 11.9. The summed E-state index contributed by atoms with van der Waals surface area (Å²) in [6.45, 7) is 0. The average molecular weight is 254 g/mol. The summed E-state index contributed by atoms with van der Waals surface area (Å²) >= 11 is 0. The zero-order valence-corrected chi connectivity index (χ0v) is 9.92. The molecule has 3 aromatic rings. The number of ketones is 1. The van der Waals surface area contributed by atoms with E-state index < -0.39 is 0 Å². The first-order valence-electron chi connectivity index (χ1n) is 5.79. The number of fused-ring (bicyclic) bond motifs is 1. The second-order valence-corrected chi connectivity index (χ2v) is 4.11. The summed E-state index contributed by atoms with van der Waals surface area (Å²) in [5.74, 6) is 0.379. The van der Waals surface area contributed by atoms with Crippen molar-refractivity contribution < 1.29 is 9.21 Å². The van der Waals surface area contributed by atoms with Crippen LogP contribution in [0.1, 0.15) is 16.4 Å². The Morgan fingerprint density at radius 1 is 1.21 bits per heavy atom. The maximum Gasteiger partial charge on any atom is 0.258 e. The van der Waals surface area contributed by atoms with Crippen LogP contribution in [0.3, 0.4) is 0 Å². The number of carbonyl (C=O) groups is 1. The van der Waals surface area contributed by atoms with E-state index in [0.717, 1.165) is 0 Å². The van der Waals surface area contributed by atoms with Gasteiger partial charge in [-0.2, -0.15) is 0 Å². The largest absolute Gasteiger partial charge is 0.461 e. The Morgan fingerprint density at radius 3 is 2.84 bits per heavy atom. The Labute approximate surface area is 107 Å². The molecule has 5 heteroatoms. The van der Waals surface area contributed by atoms with Gasteiger partial charge in [-0.05, 0) is 24.3 Å². The van der Waals surface area contributed by atoms with Gasteiger partial charge in [-0.1, -0.05) is 12.1 Å². The zero-order valence-electron chi connectivity index (χ0n) is 9.92. The molecule has 0 bridgehead atoms. The quantitative estimate of drug-likeness (QED) is 0.725. The molecule has 94 valence electrons. The number of Topliss-reactive ketones (excluding diaryl/α,β-unsaturated/α-hetero) is 1. The number of hydrogen-bond donors (Lipinski definition) is 1. The van der Waals surface area contributed by atoms with Gasteiger partial charge in [-0.15, -0.1) is 0 Å².